The lowest BCUT2D eigenvalue weighted by atomic mass is 9.82. The van der Waals surface area contributed by atoms with Crippen LogP contribution in [-0.4, -0.2) is 10.8 Å². The van der Waals surface area contributed by atoms with E-state index in [9.17, 15) is 9.59 Å². The van der Waals surface area contributed by atoms with Crippen molar-refractivity contribution in [3.63, 3.8) is 0 Å². The predicted octanol–water partition coefficient (Wildman–Crippen LogP) is 3.34. The zero-order valence-corrected chi connectivity index (χ0v) is 11.7. The number of carbonyl (C=O) groups is 1. The summed E-state index contributed by atoms with van der Waals surface area (Å²) in [6, 6.07) is 5.34. The van der Waals surface area contributed by atoms with Gasteiger partial charge in [0.25, 0.3) is 0 Å². The van der Waals surface area contributed by atoms with Crippen molar-refractivity contribution in [3.8, 4) is 0 Å². The summed E-state index contributed by atoms with van der Waals surface area (Å²) in [6.07, 6.45) is 3.76. The maximum absolute atomic E-state index is 12.6. The molecule has 2 aromatic rings. The Morgan fingerprint density at radius 3 is 2.65 bits per heavy atom. The molecule has 3 nitrogen and oxygen atoms in total. The molecule has 20 heavy (non-hydrogen) atoms. The molecule has 4 rings (SSSR count). The van der Waals surface area contributed by atoms with Crippen molar-refractivity contribution < 1.29 is 4.79 Å². The van der Waals surface area contributed by atoms with E-state index in [4.69, 9.17) is 11.6 Å². The van der Waals surface area contributed by atoms with Crippen LogP contribution in [0.4, 0.5) is 0 Å². The molecule has 1 unspecified atom stereocenters. The van der Waals surface area contributed by atoms with Crippen LogP contribution in [0.1, 0.15) is 35.3 Å². The molecule has 2 aliphatic rings. The van der Waals surface area contributed by atoms with Crippen LogP contribution in [0.2, 0.25) is 5.02 Å². The first kappa shape index (κ1) is 12.2. The zero-order valence-electron chi connectivity index (χ0n) is 10.9. The van der Waals surface area contributed by atoms with Crippen molar-refractivity contribution in [3.05, 3.63) is 44.7 Å². The molecule has 0 spiro atoms. The third kappa shape index (κ3) is 1.73. The van der Waals surface area contributed by atoms with Gasteiger partial charge >= 0.3 is 0 Å². The fourth-order valence-electron chi connectivity index (χ4n) is 3.37. The van der Waals surface area contributed by atoms with E-state index < -0.39 is 0 Å². The highest BCUT2D eigenvalue weighted by atomic mass is 35.5. The smallest absolute Gasteiger partial charge is 0.201 e. The van der Waals surface area contributed by atoms with Gasteiger partial charge in [0, 0.05) is 12.1 Å². The van der Waals surface area contributed by atoms with Crippen LogP contribution < -0.4 is 5.43 Å². The van der Waals surface area contributed by atoms with Crippen LogP contribution in [0.15, 0.2) is 23.0 Å². The van der Waals surface area contributed by atoms with Crippen LogP contribution in [0.3, 0.4) is 0 Å². The molecule has 2 aliphatic carbocycles. The Balaban J connectivity index is 1.97. The molecule has 1 saturated carbocycles. The third-order valence-electron chi connectivity index (χ3n) is 4.54. The second kappa shape index (κ2) is 4.19. The quantitative estimate of drug-likeness (QED) is 0.874. The molecule has 0 amide bonds. The summed E-state index contributed by atoms with van der Waals surface area (Å²) in [4.78, 5) is 28.2. The number of ketones is 1. The lowest BCUT2D eigenvalue weighted by molar-refractivity contribution is 0.0940. The Morgan fingerprint density at radius 2 is 1.90 bits per heavy atom. The van der Waals surface area contributed by atoms with Gasteiger partial charge in [0.1, 0.15) is 0 Å². The highest BCUT2D eigenvalue weighted by Gasteiger charge is 2.38. The van der Waals surface area contributed by atoms with Crippen LogP contribution in [0.5, 0.6) is 0 Å². The first-order valence-electron chi connectivity index (χ1n) is 7.01. The summed E-state index contributed by atoms with van der Waals surface area (Å²) < 4.78 is 0. The Morgan fingerprint density at radius 1 is 1.10 bits per heavy atom. The average molecular weight is 288 g/mol. The number of hydrogen-bond acceptors (Lipinski definition) is 2. The lowest BCUT2D eigenvalue weighted by Crippen LogP contribution is -2.29. The second-order valence-corrected chi connectivity index (χ2v) is 6.31. The first-order valence-corrected chi connectivity index (χ1v) is 7.39. The van der Waals surface area contributed by atoms with Gasteiger partial charge in [0.2, 0.25) is 5.43 Å². The molecule has 1 atom stereocenters. The highest BCUT2D eigenvalue weighted by Crippen LogP contribution is 2.42. The number of benzene rings is 1. The number of Topliss-reactive ketones (excluding diaryl/α,β-unsaturated/α-hetero) is 1. The third-order valence-corrected chi connectivity index (χ3v) is 4.85. The number of aromatic nitrogens is 1. The summed E-state index contributed by atoms with van der Waals surface area (Å²) in [5.74, 6) is 1.05. The van der Waals surface area contributed by atoms with Crippen molar-refractivity contribution >= 4 is 28.3 Å². The minimum atomic E-state index is -0.210. The molecule has 1 heterocycles. The van der Waals surface area contributed by atoms with E-state index >= 15 is 0 Å². The zero-order chi connectivity index (χ0) is 13.9. The van der Waals surface area contributed by atoms with E-state index in [1.165, 1.54) is 12.8 Å². The van der Waals surface area contributed by atoms with E-state index in [-0.39, 0.29) is 11.2 Å². The van der Waals surface area contributed by atoms with Gasteiger partial charge in [0.05, 0.1) is 21.5 Å². The van der Waals surface area contributed by atoms with Gasteiger partial charge < -0.3 is 4.98 Å². The minimum Gasteiger partial charge on any atom is -0.358 e. The number of carbonyl (C=O) groups excluding carboxylic acids is 1. The van der Waals surface area contributed by atoms with E-state index in [1.807, 2.05) is 12.1 Å². The van der Waals surface area contributed by atoms with Crippen molar-refractivity contribution in [1.82, 2.24) is 4.98 Å². The number of H-pyrrole nitrogens is 1. The molecule has 102 valence electrons. The summed E-state index contributed by atoms with van der Waals surface area (Å²) in [6.45, 7) is 0. The molecule has 0 saturated heterocycles. The second-order valence-electron chi connectivity index (χ2n) is 5.90. The monoisotopic (exact) mass is 287 g/mol. The van der Waals surface area contributed by atoms with Crippen LogP contribution in [-0.2, 0) is 6.42 Å². The number of hydrogen-bond donors (Lipinski definition) is 1. The highest BCUT2D eigenvalue weighted by molar-refractivity contribution is 6.35. The molecule has 1 N–H and O–H groups in total. The molecule has 4 heteroatoms. The summed E-state index contributed by atoms with van der Waals surface area (Å²) in [7, 11) is 0. The number of nitrogens with one attached hydrogen (secondary N) is 1. The van der Waals surface area contributed by atoms with Crippen molar-refractivity contribution in [2.24, 2.45) is 11.8 Å². The Labute approximate surface area is 121 Å². The fraction of sp³-hybridized carbons (Fsp3) is 0.375. The molecule has 0 aliphatic heterocycles. The Bertz CT molecular complexity index is 789. The Hall–Kier alpha value is -1.61. The number of aromatic amines is 1. The standard InChI is InChI=1S/C16H14ClNO2/c17-10-2-1-3-11-14(10)16(20)15-12(18-11)6-9(7-13(15)19)8-4-5-8/h1-3,8-9H,4-7H2,(H,18,20). The Kier molecular flexibility index (Phi) is 2.55. The summed E-state index contributed by atoms with van der Waals surface area (Å²) in [5.41, 5.74) is 1.66. The molecule has 1 aromatic carbocycles. The van der Waals surface area contributed by atoms with Gasteiger partial charge in [-0.2, -0.15) is 0 Å². The molecular weight excluding hydrogens is 274 g/mol. The van der Waals surface area contributed by atoms with Crippen molar-refractivity contribution in [2.45, 2.75) is 25.7 Å². The summed E-state index contributed by atoms with van der Waals surface area (Å²) >= 11 is 6.11. The largest absolute Gasteiger partial charge is 0.358 e. The van der Waals surface area contributed by atoms with E-state index in [0.29, 0.717) is 34.2 Å². The van der Waals surface area contributed by atoms with Gasteiger partial charge in [-0.25, -0.2) is 0 Å². The van der Waals surface area contributed by atoms with Gasteiger partial charge in [-0.15, -0.1) is 0 Å². The SMILES string of the molecule is O=C1CC(C2CC2)Cc2[nH]c3cccc(Cl)c3c(=O)c21. The molecule has 0 radical (unpaired) electrons. The summed E-state index contributed by atoms with van der Waals surface area (Å²) in [5, 5.41) is 0.842. The molecule has 0 bridgehead atoms. The topological polar surface area (TPSA) is 49.9 Å². The maximum Gasteiger partial charge on any atom is 0.201 e. The van der Waals surface area contributed by atoms with E-state index in [1.54, 1.807) is 6.07 Å². The predicted molar refractivity (Wildman–Crippen MR) is 78.4 cm³/mol. The van der Waals surface area contributed by atoms with Gasteiger partial charge in [-0.05, 0) is 43.2 Å². The van der Waals surface area contributed by atoms with E-state index in [0.717, 1.165) is 17.6 Å². The first-order chi connectivity index (χ1) is 9.65. The molecular formula is C16H14ClNO2. The van der Waals surface area contributed by atoms with Gasteiger partial charge in [0.15, 0.2) is 5.78 Å². The molecule has 1 fully saturated rings. The van der Waals surface area contributed by atoms with Gasteiger partial charge in [-0.1, -0.05) is 17.7 Å². The van der Waals surface area contributed by atoms with Crippen LogP contribution in [0.25, 0.3) is 10.9 Å². The minimum absolute atomic E-state index is 0.0220. The normalized spacial score (nSPS) is 22.1. The maximum atomic E-state index is 12.6. The van der Waals surface area contributed by atoms with Crippen LogP contribution >= 0.6 is 11.6 Å². The number of rotatable bonds is 1. The van der Waals surface area contributed by atoms with Crippen molar-refractivity contribution in [2.75, 3.05) is 0 Å². The van der Waals surface area contributed by atoms with Gasteiger partial charge in [-0.3, -0.25) is 9.59 Å². The lowest BCUT2D eigenvalue weighted by Gasteiger charge is -2.23. The molecule has 1 aromatic heterocycles. The number of halogens is 1. The number of fused-ring (bicyclic) bond motifs is 2. The van der Waals surface area contributed by atoms with E-state index in [2.05, 4.69) is 4.98 Å². The average Bonchev–Trinajstić information content (AvgIpc) is 3.22. The van der Waals surface area contributed by atoms with Crippen molar-refractivity contribution in [1.29, 1.82) is 0 Å². The fourth-order valence-corrected chi connectivity index (χ4v) is 3.63. The number of pyridine rings is 1. The van der Waals surface area contributed by atoms with Crippen LogP contribution in [0, 0.1) is 11.8 Å².